The third-order valence-electron chi connectivity index (χ3n) is 3.52. The van der Waals surface area contributed by atoms with Crippen LogP contribution >= 0.6 is 0 Å². The Morgan fingerprint density at radius 2 is 1.70 bits per heavy atom. The van der Waals surface area contributed by atoms with Gasteiger partial charge in [0.1, 0.15) is 6.10 Å². The van der Waals surface area contributed by atoms with Crippen LogP contribution in [0, 0.1) is 0 Å². The smallest absolute Gasteiger partial charge is 0.412 e. The zero-order valence-electron chi connectivity index (χ0n) is 13.1. The van der Waals surface area contributed by atoms with Crippen molar-refractivity contribution >= 4 is 11.8 Å². The molecule has 2 aromatic carbocycles. The number of aliphatic hydroxyl groups excluding tert-OH is 1. The first kappa shape index (κ1) is 16.8. The fourth-order valence-corrected chi connectivity index (χ4v) is 2.12. The molecule has 23 heavy (non-hydrogen) atoms. The number of hydrogen-bond acceptors (Lipinski definition) is 3. The summed E-state index contributed by atoms with van der Waals surface area (Å²) in [6.07, 6.45) is -1.35. The van der Waals surface area contributed by atoms with Gasteiger partial charge in [-0.25, -0.2) is 4.79 Å². The van der Waals surface area contributed by atoms with Crippen LogP contribution in [0.2, 0.25) is 0 Å². The fraction of sp³-hybridized carbons (Fsp3) is 0.211. The van der Waals surface area contributed by atoms with Gasteiger partial charge in [0.25, 0.3) is 0 Å². The van der Waals surface area contributed by atoms with Gasteiger partial charge in [0, 0.05) is 12.1 Å². The summed E-state index contributed by atoms with van der Waals surface area (Å²) in [5, 5.41) is 12.8. The highest BCUT2D eigenvalue weighted by Gasteiger charge is 2.17. The normalized spacial score (nSPS) is 13.0. The van der Waals surface area contributed by atoms with Crippen LogP contribution in [0.3, 0.4) is 0 Å². The fourth-order valence-electron chi connectivity index (χ4n) is 2.12. The van der Waals surface area contributed by atoms with Gasteiger partial charge in [0.2, 0.25) is 0 Å². The third-order valence-corrected chi connectivity index (χ3v) is 3.52. The van der Waals surface area contributed by atoms with Crippen molar-refractivity contribution in [3.05, 3.63) is 78.4 Å². The Hall–Kier alpha value is -2.59. The lowest BCUT2D eigenvalue weighted by Crippen LogP contribution is -2.22. The Balaban J connectivity index is 1.84. The lowest BCUT2D eigenvalue weighted by atomic mass is 10.00. The molecule has 1 amide bonds. The van der Waals surface area contributed by atoms with Crippen LogP contribution < -0.4 is 5.32 Å². The first-order valence-corrected chi connectivity index (χ1v) is 7.49. The molecule has 0 unspecified atom stereocenters. The summed E-state index contributed by atoms with van der Waals surface area (Å²) in [4.78, 5) is 11.8. The standard InChI is InChI=1S/C19H21NO3/c1-14(13-18(21)16-9-5-3-6-10-16)15(2)23-19(22)20-17-11-7-4-8-12-17/h3-12,15,18,21H,1,13H2,2H3,(H,20,22)/t15-,18-/m1/s1. The molecule has 0 saturated heterocycles. The zero-order valence-corrected chi connectivity index (χ0v) is 13.1. The van der Waals surface area contributed by atoms with Gasteiger partial charge in [0.05, 0.1) is 6.10 Å². The number of ether oxygens (including phenoxy) is 1. The first-order chi connectivity index (χ1) is 11.1. The van der Waals surface area contributed by atoms with E-state index in [2.05, 4.69) is 11.9 Å². The van der Waals surface area contributed by atoms with E-state index in [4.69, 9.17) is 4.74 Å². The molecular weight excluding hydrogens is 290 g/mol. The van der Waals surface area contributed by atoms with Crippen LogP contribution in [0.15, 0.2) is 72.8 Å². The summed E-state index contributed by atoms with van der Waals surface area (Å²) in [6.45, 7) is 5.66. The van der Waals surface area contributed by atoms with E-state index in [1.807, 2.05) is 48.5 Å². The van der Waals surface area contributed by atoms with Crippen molar-refractivity contribution in [2.45, 2.75) is 25.6 Å². The Morgan fingerprint density at radius 3 is 2.30 bits per heavy atom. The topological polar surface area (TPSA) is 58.6 Å². The summed E-state index contributed by atoms with van der Waals surface area (Å²) in [7, 11) is 0. The minimum Gasteiger partial charge on any atom is -0.442 e. The number of nitrogens with one attached hydrogen (secondary N) is 1. The Labute approximate surface area is 136 Å². The maximum atomic E-state index is 11.8. The Kier molecular flexibility index (Phi) is 5.94. The van der Waals surface area contributed by atoms with Gasteiger partial charge in [0.15, 0.2) is 0 Å². The number of carbonyl (C=O) groups excluding carboxylic acids is 1. The maximum Gasteiger partial charge on any atom is 0.412 e. The van der Waals surface area contributed by atoms with Gasteiger partial charge in [-0.1, -0.05) is 55.1 Å². The lowest BCUT2D eigenvalue weighted by Gasteiger charge is -2.19. The van der Waals surface area contributed by atoms with Gasteiger partial charge in [-0.05, 0) is 30.2 Å². The number of para-hydroxylation sites is 1. The molecule has 0 radical (unpaired) electrons. The number of rotatable bonds is 6. The lowest BCUT2D eigenvalue weighted by molar-refractivity contribution is 0.124. The molecule has 120 valence electrons. The van der Waals surface area contributed by atoms with Crippen molar-refractivity contribution in [2.24, 2.45) is 0 Å². The number of hydrogen-bond donors (Lipinski definition) is 2. The predicted octanol–water partition coefficient (Wildman–Crippen LogP) is 4.30. The molecule has 0 aliphatic heterocycles. The van der Waals surface area contributed by atoms with Crippen molar-refractivity contribution in [1.82, 2.24) is 0 Å². The molecule has 2 atom stereocenters. The average molecular weight is 311 g/mol. The van der Waals surface area contributed by atoms with E-state index in [1.54, 1.807) is 19.1 Å². The molecule has 0 spiro atoms. The van der Waals surface area contributed by atoms with E-state index < -0.39 is 18.3 Å². The summed E-state index contributed by atoms with van der Waals surface area (Å²) >= 11 is 0. The first-order valence-electron chi connectivity index (χ1n) is 7.49. The SMILES string of the molecule is C=C(C[C@@H](O)c1ccccc1)[C@@H](C)OC(=O)Nc1ccccc1. The molecule has 4 nitrogen and oxygen atoms in total. The van der Waals surface area contributed by atoms with E-state index in [0.29, 0.717) is 17.7 Å². The number of carbonyl (C=O) groups is 1. The van der Waals surface area contributed by atoms with Gasteiger partial charge in [-0.3, -0.25) is 5.32 Å². The van der Waals surface area contributed by atoms with Crippen molar-refractivity contribution in [3.8, 4) is 0 Å². The minimum absolute atomic E-state index is 0.337. The maximum absolute atomic E-state index is 11.8. The van der Waals surface area contributed by atoms with Crippen LogP contribution in [0.25, 0.3) is 0 Å². The second kappa shape index (κ2) is 8.15. The molecule has 2 aromatic rings. The van der Waals surface area contributed by atoms with E-state index in [0.717, 1.165) is 5.56 Å². The number of anilines is 1. The second-order valence-electron chi connectivity index (χ2n) is 5.33. The van der Waals surface area contributed by atoms with Crippen molar-refractivity contribution in [2.75, 3.05) is 5.32 Å². The minimum atomic E-state index is -0.660. The molecule has 2 rings (SSSR count). The average Bonchev–Trinajstić information content (AvgIpc) is 2.56. The molecule has 0 aliphatic rings. The number of aliphatic hydroxyl groups is 1. The van der Waals surface area contributed by atoms with E-state index in [1.165, 1.54) is 0 Å². The van der Waals surface area contributed by atoms with Crippen LogP contribution in [-0.4, -0.2) is 17.3 Å². The number of benzene rings is 2. The third kappa shape index (κ3) is 5.27. The molecule has 2 N–H and O–H groups in total. The highest BCUT2D eigenvalue weighted by atomic mass is 16.6. The number of amides is 1. The molecule has 4 heteroatoms. The quantitative estimate of drug-likeness (QED) is 0.782. The van der Waals surface area contributed by atoms with Crippen molar-refractivity contribution < 1.29 is 14.6 Å². The van der Waals surface area contributed by atoms with Gasteiger partial charge < -0.3 is 9.84 Å². The Bertz CT molecular complexity index is 640. The van der Waals surface area contributed by atoms with Crippen molar-refractivity contribution in [1.29, 1.82) is 0 Å². The summed E-state index contributed by atoms with van der Waals surface area (Å²) in [6, 6.07) is 18.4. The predicted molar refractivity (Wildman–Crippen MR) is 91.2 cm³/mol. The molecule has 0 heterocycles. The van der Waals surface area contributed by atoms with E-state index in [9.17, 15) is 9.90 Å². The summed E-state index contributed by atoms with van der Waals surface area (Å²) < 4.78 is 5.29. The summed E-state index contributed by atoms with van der Waals surface area (Å²) in [5.74, 6) is 0. The molecule has 0 aliphatic carbocycles. The van der Waals surface area contributed by atoms with Gasteiger partial charge in [-0.15, -0.1) is 0 Å². The van der Waals surface area contributed by atoms with Crippen molar-refractivity contribution in [3.63, 3.8) is 0 Å². The van der Waals surface area contributed by atoms with E-state index in [-0.39, 0.29) is 0 Å². The van der Waals surface area contributed by atoms with Crippen LogP contribution in [0.4, 0.5) is 10.5 Å². The van der Waals surface area contributed by atoms with Crippen LogP contribution in [0.1, 0.15) is 25.0 Å². The molecule has 0 bridgehead atoms. The van der Waals surface area contributed by atoms with Gasteiger partial charge >= 0.3 is 6.09 Å². The van der Waals surface area contributed by atoms with Crippen LogP contribution in [-0.2, 0) is 4.74 Å². The molecule has 0 aromatic heterocycles. The highest BCUT2D eigenvalue weighted by molar-refractivity contribution is 5.84. The zero-order chi connectivity index (χ0) is 16.7. The highest BCUT2D eigenvalue weighted by Crippen LogP contribution is 2.22. The molecule has 0 fully saturated rings. The largest absolute Gasteiger partial charge is 0.442 e. The molecular formula is C19H21NO3. The Morgan fingerprint density at radius 1 is 1.13 bits per heavy atom. The summed E-state index contributed by atoms with van der Waals surface area (Å²) in [5.41, 5.74) is 2.14. The van der Waals surface area contributed by atoms with Crippen LogP contribution in [0.5, 0.6) is 0 Å². The molecule has 0 saturated carbocycles. The monoisotopic (exact) mass is 311 g/mol. The van der Waals surface area contributed by atoms with E-state index >= 15 is 0 Å². The van der Waals surface area contributed by atoms with Gasteiger partial charge in [-0.2, -0.15) is 0 Å². The second-order valence-corrected chi connectivity index (χ2v) is 5.33.